The Labute approximate surface area is 131 Å². The van der Waals surface area contributed by atoms with Gasteiger partial charge in [0.25, 0.3) is 0 Å². The van der Waals surface area contributed by atoms with E-state index >= 15 is 0 Å². The third-order valence-electron chi connectivity index (χ3n) is 4.08. The lowest BCUT2D eigenvalue weighted by atomic mass is 9.74. The summed E-state index contributed by atoms with van der Waals surface area (Å²) in [5.74, 6) is 0.680. The number of nitrogens with zero attached hydrogens (tertiary/aromatic N) is 1. The maximum absolute atomic E-state index is 4.91. The smallest absolute Gasteiger partial charge is 0.107 e. The molecule has 0 amide bonds. The molecule has 1 aliphatic carbocycles. The highest BCUT2D eigenvalue weighted by Crippen LogP contribution is 2.44. The van der Waals surface area contributed by atoms with Gasteiger partial charge in [-0.1, -0.05) is 52.0 Å². The third-order valence-corrected chi connectivity index (χ3v) is 5.14. The minimum Gasteiger partial charge on any atom is -0.310 e. The number of nitrogens with one attached hydrogen (secondary N) is 1. The average Bonchev–Trinajstić information content (AvgIpc) is 2.80. The number of hydrogen-bond donors (Lipinski definition) is 1. The molecule has 2 aromatic rings. The van der Waals surface area contributed by atoms with E-state index in [1.165, 1.54) is 26.7 Å². The van der Waals surface area contributed by atoms with E-state index in [9.17, 15) is 0 Å². The molecule has 1 heterocycles. The number of benzene rings is 1. The van der Waals surface area contributed by atoms with Gasteiger partial charge in [-0.3, -0.25) is 0 Å². The summed E-state index contributed by atoms with van der Waals surface area (Å²) < 4.78 is 0. The number of aromatic nitrogens is 1. The summed E-state index contributed by atoms with van der Waals surface area (Å²) in [6, 6.07) is 8.75. The zero-order valence-corrected chi connectivity index (χ0v) is 14.2. The van der Waals surface area contributed by atoms with Crippen molar-refractivity contribution in [2.24, 2.45) is 5.92 Å². The largest absolute Gasteiger partial charge is 0.310 e. The minimum absolute atomic E-state index is 0.207. The summed E-state index contributed by atoms with van der Waals surface area (Å²) >= 11 is 1.88. The van der Waals surface area contributed by atoms with E-state index in [2.05, 4.69) is 57.3 Å². The van der Waals surface area contributed by atoms with Crippen LogP contribution in [0.3, 0.4) is 0 Å². The van der Waals surface area contributed by atoms with Crippen LogP contribution in [0.1, 0.15) is 43.1 Å². The Balaban J connectivity index is 1.90. The second-order valence-corrected chi connectivity index (χ2v) is 8.18. The topological polar surface area (TPSA) is 24.9 Å². The predicted molar refractivity (Wildman–Crippen MR) is 90.8 cm³/mol. The van der Waals surface area contributed by atoms with Crippen LogP contribution in [0.15, 0.2) is 24.3 Å². The van der Waals surface area contributed by atoms with Gasteiger partial charge in [0.1, 0.15) is 5.01 Å². The summed E-state index contributed by atoms with van der Waals surface area (Å²) in [4.78, 5) is 6.36. The van der Waals surface area contributed by atoms with Crippen molar-refractivity contribution in [2.45, 2.75) is 46.1 Å². The van der Waals surface area contributed by atoms with E-state index < -0.39 is 0 Å². The molecule has 0 spiro atoms. The molecule has 2 nitrogen and oxygen atoms in total. The highest BCUT2D eigenvalue weighted by molar-refractivity contribution is 7.12. The lowest BCUT2D eigenvalue weighted by Crippen LogP contribution is -2.24. The van der Waals surface area contributed by atoms with Crippen LogP contribution >= 0.6 is 11.3 Å². The van der Waals surface area contributed by atoms with E-state index in [-0.39, 0.29) is 5.41 Å². The number of rotatable bonds is 4. The zero-order valence-electron chi connectivity index (χ0n) is 13.4. The predicted octanol–water partition coefficient (Wildman–Crippen LogP) is 4.39. The van der Waals surface area contributed by atoms with Crippen LogP contribution in [0.25, 0.3) is 11.3 Å². The van der Waals surface area contributed by atoms with Gasteiger partial charge >= 0.3 is 0 Å². The molecule has 1 aliphatic rings. The standard InChI is InChI=1S/C18H24N2S/c1-12(2)10-19-11-16-20-17-13-7-5-6-8-14(13)18(3,4)9-15(17)21-16/h5-8,12,19H,9-11H2,1-4H3. The average molecular weight is 300 g/mol. The molecule has 0 unspecified atom stereocenters. The molecule has 0 saturated heterocycles. The minimum atomic E-state index is 0.207. The Kier molecular flexibility index (Phi) is 3.89. The van der Waals surface area contributed by atoms with Gasteiger partial charge in [-0.05, 0) is 29.9 Å². The maximum atomic E-state index is 4.91. The third kappa shape index (κ3) is 2.90. The van der Waals surface area contributed by atoms with Crippen molar-refractivity contribution in [3.05, 3.63) is 39.7 Å². The quantitative estimate of drug-likeness (QED) is 0.906. The van der Waals surface area contributed by atoms with E-state index in [0.29, 0.717) is 5.92 Å². The van der Waals surface area contributed by atoms with Crippen LogP contribution < -0.4 is 5.32 Å². The first-order chi connectivity index (χ1) is 9.97. The molecule has 0 bridgehead atoms. The van der Waals surface area contributed by atoms with E-state index in [1.54, 1.807) is 0 Å². The van der Waals surface area contributed by atoms with Crippen LogP contribution in [0, 0.1) is 5.92 Å². The highest BCUT2D eigenvalue weighted by atomic mass is 32.1. The van der Waals surface area contributed by atoms with Crippen molar-refractivity contribution in [1.82, 2.24) is 10.3 Å². The van der Waals surface area contributed by atoms with Crippen LogP contribution in [-0.2, 0) is 18.4 Å². The van der Waals surface area contributed by atoms with Gasteiger partial charge in [-0.2, -0.15) is 0 Å². The van der Waals surface area contributed by atoms with E-state index in [1.807, 2.05) is 11.3 Å². The van der Waals surface area contributed by atoms with Crippen molar-refractivity contribution in [2.75, 3.05) is 6.54 Å². The van der Waals surface area contributed by atoms with Gasteiger partial charge in [0, 0.05) is 17.0 Å². The highest BCUT2D eigenvalue weighted by Gasteiger charge is 2.32. The van der Waals surface area contributed by atoms with Crippen molar-refractivity contribution in [3.8, 4) is 11.3 Å². The molecule has 0 fully saturated rings. The first kappa shape index (κ1) is 14.7. The molecule has 112 valence electrons. The Morgan fingerprint density at radius 3 is 2.81 bits per heavy atom. The van der Waals surface area contributed by atoms with Gasteiger partial charge in [-0.15, -0.1) is 11.3 Å². The molecule has 1 N–H and O–H groups in total. The Morgan fingerprint density at radius 1 is 1.29 bits per heavy atom. The first-order valence-corrected chi connectivity index (χ1v) is 8.58. The molecule has 3 heteroatoms. The van der Waals surface area contributed by atoms with Crippen molar-refractivity contribution in [3.63, 3.8) is 0 Å². The first-order valence-electron chi connectivity index (χ1n) is 7.76. The molecule has 1 aromatic carbocycles. The summed E-state index contributed by atoms with van der Waals surface area (Å²) in [5, 5.41) is 4.72. The Hall–Kier alpha value is -1.19. The Morgan fingerprint density at radius 2 is 2.05 bits per heavy atom. The van der Waals surface area contributed by atoms with Crippen LogP contribution in [-0.4, -0.2) is 11.5 Å². The summed E-state index contributed by atoms with van der Waals surface area (Å²) in [7, 11) is 0. The molecular formula is C18H24N2S. The second kappa shape index (κ2) is 5.54. The van der Waals surface area contributed by atoms with Gasteiger partial charge < -0.3 is 5.32 Å². The molecule has 0 aliphatic heterocycles. The molecular weight excluding hydrogens is 276 g/mol. The molecule has 21 heavy (non-hydrogen) atoms. The lowest BCUT2D eigenvalue weighted by molar-refractivity contribution is 0.521. The van der Waals surface area contributed by atoms with Gasteiger partial charge in [0.05, 0.1) is 5.69 Å². The number of thiazole rings is 1. The van der Waals surface area contributed by atoms with Crippen LogP contribution in [0.2, 0.25) is 0 Å². The maximum Gasteiger partial charge on any atom is 0.107 e. The van der Waals surface area contributed by atoms with Crippen LogP contribution in [0.5, 0.6) is 0 Å². The SMILES string of the molecule is CC(C)CNCc1nc2c(s1)CC(C)(C)c1ccccc1-2. The van der Waals surface area contributed by atoms with Gasteiger partial charge in [0.2, 0.25) is 0 Å². The monoisotopic (exact) mass is 300 g/mol. The van der Waals surface area contributed by atoms with Crippen LogP contribution in [0.4, 0.5) is 0 Å². The summed E-state index contributed by atoms with van der Waals surface area (Å²) in [5.41, 5.74) is 4.19. The fourth-order valence-electron chi connectivity index (χ4n) is 3.05. The van der Waals surface area contributed by atoms with Crippen molar-refractivity contribution >= 4 is 11.3 Å². The molecule has 0 radical (unpaired) electrons. The fourth-order valence-corrected chi connectivity index (χ4v) is 4.33. The summed E-state index contributed by atoms with van der Waals surface area (Å²) in [6.07, 6.45) is 1.10. The fraction of sp³-hybridized carbons (Fsp3) is 0.500. The molecule has 3 rings (SSSR count). The summed E-state index contributed by atoms with van der Waals surface area (Å²) in [6.45, 7) is 11.1. The van der Waals surface area contributed by atoms with Crippen molar-refractivity contribution in [1.29, 1.82) is 0 Å². The van der Waals surface area contributed by atoms with E-state index in [4.69, 9.17) is 4.98 Å². The Bertz CT molecular complexity index is 640. The lowest BCUT2D eigenvalue weighted by Gasteiger charge is -2.31. The zero-order chi connectivity index (χ0) is 15.0. The van der Waals surface area contributed by atoms with E-state index in [0.717, 1.165) is 19.5 Å². The normalized spacial score (nSPS) is 15.9. The number of fused-ring (bicyclic) bond motifs is 3. The second-order valence-electron chi connectivity index (χ2n) is 7.01. The molecule has 0 atom stereocenters. The molecule has 0 saturated carbocycles. The number of hydrogen-bond acceptors (Lipinski definition) is 3. The van der Waals surface area contributed by atoms with Crippen molar-refractivity contribution < 1.29 is 0 Å². The van der Waals surface area contributed by atoms with Gasteiger partial charge in [-0.25, -0.2) is 4.98 Å². The van der Waals surface area contributed by atoms with Gasteiger partial charge in [0.15, 0.2) is 0 Å². The molecule has 1 aromatic heterocycles.